The highest BCUT2D eigenvalue weighted by atomic mass is 16.5. The molecule has 0 unspecified atom stereocenters. The molecule has 0 spiro atoms. The molecular weight excluding hydrogens is 418 g/mol. The van der Waals surface area contributed by atoms with E-state index in [0.29, 0.717) is 37.5 Å². The lowest BCUT2D eigenvalue weighted by molar-refractivity contribution is -0.138. The van der Waals surface area contributed by atoms with Crippen LogP contribution in [0.25, 0.3) is 5.57 Å². The maximum absolute atomic E-state index is 13.5. The van der Waals surface area contributed by atoms with E-state index >= 15 is 0 Å². The molecule has 0 bridgehead atoms. The van der Waals surface area contributed by atoms with E-state index in [4.69, 9.17) is 4.74 Å². The molecule has 2 heterocycles. The lowest BCUT2D eigenvalue weighted by Crippen LogP contribution is -2.48. The number of hydrogen-bond acceptors (Lipinski definition) is 6. The molecule has 4 rings (SSSR count). The molecule has 0 atom stereocenters. The number of rotatable bonds is 9. The summed E-state index contributed by atoms with van der Waals surface area (Å²) in [6.45, 7) is 6.40. The van der Waals surface area contributed by atoms with Gasteiger partial charge in [0.1, 0.15) is 11.4 Å². The number of amides is 2. The van der Waals surface area contributed by atoms with Crippen LogP contribution in [0.3, 0.4) is 0 Å². The number of carbonyl (C=O) groups excluding carboxylic acids is 2. The summed E-state index contributed by atoms with van der Waals surface area (Å²) in [6.07, 6.45) is 0.917. The first-order valence-corrected chi connectivity index (χ1v) is 11.6. The van der Waals surface area contributed by atoms with E-state index in [1.54, 1.807) is 0 Å². The first-order valence-electron chi connectivity index (χ1n) is 11.6. The zero-order valence-electron chi connectivity index (χ0n) is 19.1. The molecule has 1 fully saturated rings. The monoisotopic (exact) mass is 449 g/mol. The Morgan fingerprint density at radius 1 is 0.909 bits per heavy atom. The Balaban J connectivity index is 1.64. The first kappa shape index (κ1) is 23.0. The third-order valence-corrected chi connectivity index (χ3v) is 6.05. The minimum Gasteiger partial charge on any atom is -0.494 e. The highest BCUT2D eigenvalue weighted by molar-refractivity contribution is 6.35. The summed E-state index contributed by atoms with van der Waals surface area (Å²) >= 11 is 0. The van der Waals surface area contributed by atoms with E-state index in [1.165, 1.54) is 4.90 Å². The number of carbonyl (C=O) groups is 2. The predicted octanol–water partition coefficient (Wildman–Crippen LogP) is 2.37. The van der Waals surface area contributed by atoms with Crippen LogP contribution in [0.15, 0.2) is 60.3 Å². The van der Waals surface area contributed by atoms with Crippen LogP contribution in [0, 0.1) is 0 Å². The summed E-state index contributed by atoms with van der Waals surface area (Å²) in [7, 11) is 0. The van der Waals surface area contributed by atoms with Gasteiger partial charge in [-0.2, -0.15) is 0 Å². The van der Waals surface area contributed by atoms with Crippen LogP contribution in [0.4, 0.5) is 0 Å². The molecular formula is C26H31N3O4. The SMILES string of the molecule is CCCOc1ccc(C2=C(N3CCN(CCO)CC3)C(=O)N(Cc3ccccc3)C2=O)cc1. The first-order chi connectivity index (χ1) is 16.1. The number of imide groups is 1. The van der Waals surface area contributed by atoms with E-state index < -0.39 is 0 Å². The van der Waals surface area contributed by atoms with E-state index in [2.05, 4.69) is 11.8 Å². The van der Waals surface area contributed by atoms with Gasteiger partial charge in [0, 0.05) is 32.7 Å². The molecule has 0 radical (unpaired) electrons. The normalized spacial score (nSPS) is 17.3. The zero-order valence-corrected chi connectivity index (χ0v) is 19.1. The van der Waals surface area contributed by atoms with Crippen molar-refractivity contribution in [1.82, 2.24) is 14.7 Å². The van der Waals surface area contributed by atoms with Gasteiger partial charge in [-0.3, -0.25) is 19.4 Å². The third-order valence-electron chi connectivity index (χ3n) is 6.05. The molecule has 2 aromatic rings. The van der Waals surface area contributed by atoms with Crippen LogP contribution in [0.5, 0.6) is 5.75 Å². The molecule has 1 saturated heterocycles. The smallest absolute Gasteiger partial charge is 0.278 e. The van der Waals surface area contributed by atoms with Gasteiger partial charge in [0.2, 0.25) is 0 Å². The zero-order chi connectivity index (χ0) is 23.2. The van der Waals surface area contributed by atoms with E-state index in [-0.39, 0.29) is 25.0 Å². The fraction of sp³-hybridized carbons (Fsp3) is 0.385. The molecule has 0 aromatic heterocycles. The fourth-order valence-corrected chi connectivity index (χ4v) is 4.30. The lowest BCUT2D eigenvalue weighted by atomic mass is 10.0. The second kappa shape index (κ2) is 10.6. The number of piperazine rings is 1. The van der Waals surface area contributed by atoms with Crippen LogP contribution in [0.1, 0.15) is 24.5 Å². The van der Waals surface area contributed by atoms with Crippen molar-refractivity contribution in [3.8, 4) is 5.75 Å². The Morgan fingerprint density at radius 3 is 2.24 bits per heavy atom. The number of β-amino-alcohol motifs (C(OH)–C–C–N with tert-alkyl or cyclic N) is 1. The standard InChI is InChI=1S/C26H31N3O4/c1-2-18-33-22-10-8-21(9-11-22)23-24(28-14-12-27(13-15-28)16-17-30)26(32)29(25(23)31)19-20-6-4-3-5-7-20/h3-11,30H,2,12-19H2,1H3. The summed E-state index contributed by atoms with van der Waals surface area (Å²) in [5.41, 5.74) is 2.56. The van der Waals surface area contributed by atoms with Gasteiger partial charge in [-0.1, -0.05) is 49.4 Å². The predicted molar refractivity (Wildman–Crippen MR) is 126 cm³/mol. The van der Waals surface area contributed by atoms with E-state index in [9.17, 15) is 14.7 Å². The van der Waals surface area contributed by atoms with Crippen LogP contribution in [-0.4, -0.2) is 77.6 Å². The van der Waals surface area contributed by atoms with Crippen molar-refractivity contribution in [1.29, 1.82) is 0 Å². The number of aliphatic hydroxyl groups excluding tert-OH is 1. The van der Waals surface area contributed by atoms with Crippen LogP contribution in [-0.2, 0) is 16.1 Å². The Labute approximate surface area is 194 Å². The molecule has 7 heteroatoms. The van der Waals surface area contributed by atoms with E-state index in [0.717, 1.165) is 36.4 Å². The molecule has 7 nitrogen and oxygen atoms in total. The van der Waals surface area contributed by atoms with Crippen molar-refractivity contribution in [3.63, 3.8) is 0 Å². The van der Waals surface area contributed by atoms with Gasteiger partial charge in [-0.15, -0.1) is 0 Å². The number of aliphatic hydroxyl groups is 1. The molecule has 2 aromatic carbocycles. The average molecular weight is 450 g/mol. The molecule has 2 amide bonds. The van der Waals surface area contributed by atoms with Crippen LogP contribution >= 0.6 is 0 Å². The minimum absolute atomic E-state index is 0.114. The average Bonchev–Trinajstić information content (AvgIpc) is 3.09. The van der Waals surface area contributed by atoms with Gasteiger partial charge in [0.05, 0.1) is 25.3 Å². The quantitative estimate of drug-likeness (QED) is 0.593. The van der Waals surface area contributed by atoms with Crippen molar-refractivity contribution in [2.45, 2.75) is 19.9 Å². The second-order valence-electron chi connectivity index (χ2n) is 8.33. The summed E-state index contributed by atoms with van der Waals surface area (Å²) in [5.74, 6) is 0.234. The Morgan fingerprint density at radius 2 is 1.61 bits per heavy atom. The lowest BCUT2D eigenvalue weighted by Gasteiger charge is -2.36. The number of ether oxygens (including phenoxy) is 1. The van der Waals surface area contributed by atoms with Crippen molar-refractivity contribution in [3.05, 3.63) is 71.4 Å². The number of benzene rings is 2. The molecule has 0 saturated carbocycles. The molecule has 33 heavy (non-hydrogen) atoms. The van der Waals surface area contributed by atoms with Crippen molar-refractivity contribution in [2.24, 2.45) is 0 Å². The van der Waals surface area contributed by atoms with Gasteiger partial charge in [-0.05, 0) is 29.7 Å². The Hall–Kier alpha value is -3.16. The minimum atomic E-state index is -0.265. The maximum atomic E-state index is 13.5. The second-order valence-corrected chi connectivity index (χ2v) is 8.33. The van der Waals surface area contributed by atoms with Gasteiger partial charge in [0.15, 0.2) is 0 Å². The van der Waals surface area contributed by atoms with Crippen molar-refractivity contribution < 1.29 is 19.4 Å². The molecule has 2 aliphatic heterocycles. The third kappa shape index (κ3) is 5.10. The molecule has 0 aliphatic carbocycles. The topological polar surface area (TPSA) is 73.3 Å². The molecule has 2 aliphatic rings. The number of hydrogen-bond donors (Lipinski definition) is 1. The summed E-state index contributed by atoms with van der Waals surface area (Å²) in [5, 5.41) is 9.23. The maximum Gasteiger partial charge on any atom is 0.278 e. The van der Waals surface area contributed by atoms with Gasteiger partial charge < -0.3 is 14.7 Å². The summed E-state index contributed by atoms with van der Waals surface area (Å²) in [4.78, 5) is 32.6. The summed E-state index contributed by atoms with van der Waals surface area (Å²) < 4.78 is 5.68. The fourth-order valence-electron chi connectivity index (χ4n) is 4.30. The molecule has 174 valence electrons. The van der Waals surface area contributed by atoms with Crippen LogP contribution in [0.2, 0.25) is 0 Å². The van der Waals surface area contributed by atoms with Crippen molar-refractivity contribution >= 4 is 17.4 Å². The number of nitrogens with zero attached hydrogens (tertiary/aromatic N) is 3. The largest absolute Gasteiger partial charge is 0.494 e. The van der Waals surface area contributed by atoms with Gasteiger partial charge >= 0.3 is 0 Å². The van der Waals surface area contributed by atoms with Crippen LogP contribution < -0.4 is 4.74 Å². The van der Waals surface area contributed by atoms with Gasteiger partial charge in [-0.25, -0.2) is 0 Å². The highest BCUT2D eigenvalue weighted by Gasteiger charge is 2.42. The van der Waals surface area contributed by atoms with E-state index in [1.807, 2.05) is 59.5 Å². The Kier molecular flexibility index (Phi) is 7.42. The highest BCUT2D eigenvalue weighted by Crippen LogP contribution is 2.34. The summed E-state index contributed by atoms with van der Waals surface area (Å²) in [6, 6.07) is 17.0. The molecule has 1 N–H and O–H groups in total. The van der Waals surface area contributed by atoms with Crippen molar-refractivity contribution in [2.75, 3.05) is 45.9 Å². The Bertz CT molecular complexity index is 996. The van der Waals surface area contributed by atoms with Gasteiger partial charge in [0.25, 0.3) is 11.8 Å².